The third-order valence-electron chi connectivity index (χ3n) is 4.27. The number of hydrogen-bond acceptors (Lipinski definition) is 3. The maximum absolute atomic E-state index is 5.77. The molecule has 1 heterocycles. The van der Waals surface area contributed by atoms with E-state index in [-0.39, 0.29) is 0 Å². The molecular formula is C17H21N3. The average Bonchev–Trinajstić information content (AvgIpc) is 2.36. The van der Waals surface area contributed by atoms with E-state index in [1.165, 1.54) is 30.4 Å². The van der Waals surface area contributed by atoms with Crippen LogP contribution in [-0.4, -0.2) is 9.97 Å². The van der Waals surface area contributed by atoms with E-state index >= 15 is 0 Å². The lowest BCUT2D eigenvalue weighted by molar-refractivity contribution is 0.420. The van der Waals surface area contributed by atoms with Crippen molar-refractivity contribution in [2.24, 2.45) is 0 Å². The first-order valence-corrected chi connectivity index (χ1v) is 7.42. The standard InChI is InChI=1S/C17H21N3/c1-3-15-16(11(2)19-17(18)20-15)14-9-5-8-13(10-14)12-6-4-7-12/h5,8-10,12H,3-4,6-7H2,1-2H3,(H2,18,19,20). The molecule has 0 unspecified atom stereocenters. The fourth-order valence-electron chi connectivity index (χ4n) is 2.98. The Hall–Kier alpha value is -1.90. The van der Waals surface area contributed by atoms with E-state index in [4.69, 9.17) is 5.73 Å². The summed E-state index contributed by atoms with van der Waals surface area (Å²) in [5.74, 6) is 1.12. The summed E-state index contributed by atoms with van der Waals surface area (Å²) in [5.41, 5.74) is 11.6. The van der Waals surface area contributed by atoms with E-state index < -0.39 is 0 Å². The largest absolute Gasteiger partial charge is 0.368 e. The molecule has 20 heavy (non-hydrogen) atoms. The minimum atomic E-state index is 0.373. The van der Waals surface area contributed by atoms with Crippen LogP contribution in [0.5, 0.6) is 0 Å². The number of nitrogens with two attached hydrogens (primary N) is 1. The smallest absolute Gasteiger partial charge is 0.220 e. The lowest BCUT2D eigenvalue weighted by atomic mass is 9.79. The van der Waals surface area contributed by atoms with Crippen molar-refractivity contribution in [3.8, 4) is 11.1 Å². The second-order valence-electron chi connectivity index (χ2n) is 5.60. The van der Waals surface area contributed by atoms with Gasteiger partial charge >= 0.3 is 0 Å². The molecule has 3 rings (SSSR count). The fraction of sp³-hybridized carbons (Fsp3) is 0.412. The Labute approximate surface area is 120 Å². The van der Waals surface area contributed by atoms with Gasteiger partial charge in [-0.05, 0) is 43.2 Å². The second-order valence-corrected chi connectivity index (χ2v) is 5.60. The average molecular weight is 267 g/mol. The van der Waals surface area contributed by atoms with Crippen LogP contribution in [0.3, 0.4) is 0 Å². The predicted octanol–water partition coefficient (Wildman–Crippen LogP) is 3.86. The SMILES string of the molecule is CCc1nc(N)nc(C)c1-c1cccc(C2CCC2)c1. The van der Waals surface area contributed by atoms with Crippen LogP contribution in [0.15, 0.2) is 24.3 Å². The molecule has 0 spiro atoms. The van der Waals surface area contributed by atoms with Crippen LogP contribution in [0.2, 0.25) is 0 Å². The Balaban J connectivity index is 2.08. The van der Waals surface area contributed by atoms with Gasteiger partial charge in [0.15, 0.2) is 0 Å². The quantitative estimate of drug-likeness (QED) is 0.918. The highest BCUT2D eigenvalue weighted by Crippen LogP contribution is 2.38. The van der Waals surface area contributed by atoms with Crippen LogP contribution in [0.1, 0.15) is 49.1 Å². The van der Waals surface area contributed by atoms with Gasteiger partial charge in [0.1, 0.15) is 0 Å². The third-order valence-corrected chi connectivity index (χ3v) is 4.27. The summed E-state index contributed by atoms with van der Waals surface area (Å²) in [6, 6.07) is 8.86. The zero-order valence-corrected chi connectivity index (χ0v) is 12.2. The molecule has 0 radical (unpaired) electrons. The molecule has 0 saturated heterocycles. The van der Waals surface area contributed by atoms with Gasteiger partial charge in [-0.3, -0.25) is 0 Å². The minimum Gasteiger partial charge on any atom is -0.368 e. The Morgan fingerprint density at radius 3 is 2.70 bits per heavy atom. The van der Waals surface area contributed by atoms with Gasteiger partial charge in [0, 0.05) is 5.56 Å². The van der Waals surface area contributed by atoms with Crippen molar-refractivity contribution in [2.75, 3.05) is 5.73 Å². The van der Waals surface area contributed by atoms with Crippen molar-refractivity contribution >= 4 is 5.95 Å². The van der Waals surface area contributed by atoms with Gasteiger partial charge in [0.25, 0.3) is 0 Å². The molecule has 1 fully saturated rings. The third kappa shape index (κ3) is 2.28. The lowest BCUT2D eigenvalue weighted by Crippen LogP contribution is -2.09. The molecule has 1 aliphatic rings. The van der Waals surface area contributed by atoms with Crippen molar-refractivity contribution < 1.29 is 0 Å². The number of benzene rings is 1. The number of nitrogens with zero attached hydrogens (tertiary/aromatic N) is 2. The zero-order valence-electron chi connectivity index (χ0n) is 12.2. The van der Waals surface area contributed by atoms with Gasteiger partial charge in [-0.1, -0.05) is 37.6 Å². The summed E-state index contributed by atoms with van der Waals surface area (Å²) >= 11 is 0. The molecule has 2 N–H and O–H groups in total. The van der Waals surface area contributed by atoms with Gasteiger partial charge < -0.3 is 5.73 Å². The van der Waals surface area contributed by atoms with Gasteiger partial charge in [0.2, 0.25) is 5.95 Å². The first kappa shape index (κ1) is 13.1. The van der Waals surface area contributed by atoms with Crippen molar-refractivity contribution in [3.05, 3.63) is 41.2 Å². The Kier molecular flexibility index (Phi) is 3.43. The van der Waals surface area contributed by atoms with Crippen LogP contribution >= 0.6 is 0 Å². The van der Waals surface area contributed by atoms with Gasteiger partial charge in [-0.15, -0.1) is 0 Å². The molecule has 0 bridgehead atoms. The number of aryl methyl sites for hydroxylation is 2. The highest BCUT2D eigenvalue weighted by Gasteiger charge is 2.20. The van der Waals surface area contributed by atoms with Crippen LogP contribution in [0.4, 0.5) is 5.95 Å². The van der Waals surface area contributed by atoms with Crippen molar-refractivity contribution in [1.29, 1.82) is 0 Å². The molecule has 1 aliphatic carbocycles. The minimum absolute atomic E-state index is 0.373. The van der Waals surface area contributed by atoms with E-state index in [0.29, 0.717) is 5.95 Å². The fourth-order valence-corrected chi connectivity index (χ4v) is 2.98. The summed E-state index contributed by atoms with van der Waals surface area (Å²) in [6.45, 7) is 4.13. The van der Waals surface area contributed by atoms with Crippen molar-refractivity contribution in [3.63, 3.8) is 0 Å². The highest BCUT2D eigenvalue weighted by molar-refractivity contribution is 5.69. The normalized spacial score (nSPS) is 15.1. The molecule has 0 amide bonds. The molecule has 0 atom stereocenters. The Morgan fingerprint density at radius 2 is 2.05 bits per heavy atom. The zero-order chi connectivity index (χ0) is 14.1. The van der Waals surface area contributed by atoms with E-state index in [9.17, 15) is 0 Å². The molecule has 2 aromatic rings. The molecule has 1 aromatic carbocycles. The van der Waals surface area contributed by atoms with Gasteiger partial charge in [0.05, 0.1) is 11.4 Å². The van der Waals surface area contributed by atoms with Gasteiger partial charge in [-0.2, -0.15) is 0 Å². The predicted molar refractivity (Wildman–Crippen MR) is 82.6 cm³/mol. The second kappa shape index (κ2) is 5.23. The number of hydrogen-bond donors (Lipinski definition) is 1. The molecular weight excluding hydrogens is 246 g/mol. The molecule has 1 saturated carbocycles. The first-order valence-electron chi connectivity index (χ1n) is 7.42. The summed E-state index contributed by atoms with van der Waals surface area (Å²) in [5, 5.41) is 0. The maximum atomic E-state index is 5.77. The van der Waals surface area contributed by atoms with E-state index in [2.05, 4.69) is 41.2 Å². The molecule has 1 aromatic heterocycles. The van der Waals surface area contributed by atoms with Crippen molar-refractivity contribution in [1.82, 2.24) is 9.97 Å². The Bertz CT molecular complexity index is 630. The molecule has 0 aliphatic heterocycles. The molecule has 3 heteroatoms. The van der Waals surface area contributed by atoms with Crippen LogP contribution in [0.25, 0.3) is 11.1 Å². The number of nitrogen functional groups attached to an aromatic ring is 1. The maximum Gasteiger partial charge on any atom is 0.220 e. The van der Waals surface area contributed by atoms with Gasteiger partial charge in [-0.25, -0.2) is 9.97 Å². The lowest BCUT2D eigenvalue weighted by Gasteiger charge is -2.26. The Morgan fingerprint density at radius 1 is 1.25 bits per heavy atom. The first-order chi connectivity index (χ1) is 9.69. The van der Waals surface area contributed by atoms with E-state index in [1.54, 1.807) is 0 Å². The van der Waals surface area contributed by atoms with E-state index in [1.807, 2.05) is 6.92 Å². The summed E-state index contributed by atoms with van der Waals surface area (Å²) < 4.78 is 0. The summed E-state index contributed by atoms with van der Waals surface area (Å²) in [6.07, 6.45) is 4.87. The number of aromatic nitrogens is 2. The van der Waals surface area contributed by atoms with Crippen molar-refractivity contribution in [2.45, 2.75) is 45.4 Å². The van der Waals surface area contributed by atoms with E-state index in [0.717, 1.165) is 29.3 Å². The number of rotatable bonds is 3. The van der Waals surface area contributed by atoms with Crippen LogP contribution in [0, 0.1) is 6.92 Å². The topological polar surface area (TPSA) is 51.8 Å². The highest BCUT2D eigenvalue weighted by atomic mass is 15.0. The van der Waals surface area contributed by atoms with Crippen LogP contribution < -0.4 is 5.73 Å². The molecule has 3 nitrogen and oxygen atoms in total. The van der Waals surface area contributed by atoms with Crippen LogP contribution in [-0.2, 0) is 6.42 Å². The number of anilines is 1. The monoisotopic (exact) mass is 267 g/mol. The summed E-state index contributed by atoms with van der Waals surface area (Å²) in [4.78, 5) is 8.74. The summed E-state index contributed by atoms with van der Waals surface area (Å²) in [7, 11) is 0. The molecule has 104 valence electrons.